The lowest BCUT2D eigenvalue weighted by atomic mass is 10.1. The highest BCUT2D eigenvalue weighted by Gasteiger charge is 2.16. The van der Waals surface area contributed by atoms with Crippen LogP contribution in [0.15, 0.2) is 18.2 Å². The fraction of sp³-hybridized carbons (Fsp3) is 0.417. The summed E-state index contributed by atoms with van der Waals surface area (Å²) in [6, 6.07) is 6.44. The minimum absolute atomic E-state index is 0.0978. The first kappa shape index (κ1) is 14.0. The number of hydrogen-bond acceptors (Lipinski definition) is 6. The van der Waals surface area contributed by atoms with Crippen LogP contribution in [0.1, 0.15) is 5.56 Å². The lowest BCUT2D eigenvalue weighted by Gasteiger charge is -2.21. The van der Waals surface area contributed by atoms with Gasteiger partial charge >= 0.3 is 0 Å². The molecule has 19 heavy (non-hydrogen) atoms. The average molecular weight is 295 g/mol. The maximum atomic E-state index is 10.7. The molecule has 1 aliphatic heterocycles. The molecule has 0 bridgehead atoms. The van der Waals surface area contributed by atoms with Crippen molar-refractivity contribution >= 4 is 34.9 Å². The Kier molecular flexibility index (Phi) is 4.93. The number of benzene rings is 1. The van der Waals surface area contributed by atoms with E-state index in [1.807, 2.05) is 29.6 Å². The number of anilines is 1. The molecule has 7 heteroatoms. The second-order valence-corrected chi connectivity index (χ2v) is 6.61. The van der Waals surface area contributed by atoms with Gasteiger partial charge in [0.25, 0.3) is 5.69 Å². The van der Waals surface area contributed by atoms with Crippen LogP contribution in [0.5, 0.6) is 0 Å². The van der Waals surface area contributed by atoms with Gasteiger partial charge in [0.15, 0.2) is 0 Å². The van der Waals surface area contributed by atoms with Gasteiger partial charge in [-0.05, 0) is 12.1 Å². The molecule has 1 unspecified atom stereocenters. The number of nitriles is 1. The van der Waals surface area contributed by atoms with Crippen LogP contribution in [0.3, 0.4) is 0 Å². The molecule has 0 spiro atoms. The van der Waals surface area contributed by atoms with Crippen molar-refractivity contribution in [2.75, 3.05) is 29.1 Å². The quantitative estimate of drug-likeness (QED) is 0.679. The number of thioether (sulfide) groups is 2. The van der Waals surface area contributed by atoms with E-state index in [0.29, 0.717) is 5.25 Å². The molecular weight excluding hydrogens is 282 g/mol. The number of nitrogens with zero attached hydrogens (tertiary/aromatic N) is 2. The van der Waals surface area contributed by atoms with Gasteiger partial charge in [0.2, 0.25) is 0 Å². The van der Waals surface area contributed by atoms with Crippen molar-refractivity contribution in [1.82, 2.24) is 0 Å². The van der Waals surface area contributed by atoms with E-state index in [1.54, 1.807) is 12.1 Å². The molecule has 1 atom stereocenters. The standard InChI is InChI=1S/C12H13N3O2S2/c13-6-9-5-10(1-2-12(9)15(16)17)14-7-11-8-18-3-4-19-11/h1-2,5,11,14H,3-4,7-8H2. The highest BCUT2D eigenvalue weighted by atomic mass is 32.2. The summed E-state index contributed by atoms with van der Waals surface area (Å²) in [7, 11) is 0. The third kappa shape index (κ3) is 3.78. The molecule has 1 aromatic rings. The maximum absolute atomic E-state index is 10.7. The van der Waals surface area contributed by atoms with E-state index >= 15 is 0 Å². The number of rotatable bonds is 4. The zero-order chi connectivity index (χ0) is 13.7. The zero-order valence-electron chi connectivity index (χ0n) is 10.2. The molecule has 1 N–H and O–H groups in total. The van der Waals surface area contributed by atoms with Crippen molar-refractivity contribution in [3.05, 3.63) is 33.9 Å². The first-order chi connectivity index (χ1) is 9.20. The molecule has 1 heterocycles. The molecule has 0 radical (unpaired) electrons. The van der Waals surface area contributed by atoms with Crippen LogP contribution in [0.2, 0.25) is 0 Å². The summed E-state index contributed by atoms with van der Waals surface area (Å²) in [4.78, 5) is 10.2. The van der Waals surface area contributed by atoms with Gasteiger partial charge in [-0.3, -0.25) is 10.1 Å². The summed E-state index contributed by atoms with van der Waals surface area (Å²) in [5, 5.41) is 23.4. The molecule has 1 aromatic carbocycles. The molecule has 1 aliphatic rings. The molecule has 2 rings (SSSR count). The van der Waals surface area contributed by atoms with Gasteiger partial charge in [-0.2, -0.15) is 28.8 Å². The predicted molar refractivity (Wildman–Crippen MR) is 79.9 cm³/mol. The second kappa shape index (κ2) is 6.68. The lowest BCUT2D eigenvalue weighted by Crippen LogP contribution is -2.23. The van der Waals surface area contributed by atoms with Crippen LogP contribution in [-0.2, 0) is 0 Å². The number of nitro benzene ring substituents is 1. The molecule has 1 fully saturated rings. The minimum atomic E-state index is -0.532. The van der Waals surface area contributed by atoms with Crippen LogP contribution in [0, 0.1) is 21.4 Å². The van der Waals surface area contributed by atoms with Gasteiger partial charge < -0.3 is 5.32 Å². The van der Waals surface area contributed by atoms with E-state index in [0.717, 1.165) is 18.0 Å². The molecule has 1 saturated heterocycles. The van der Waals surface area contributed by atoms with E-state index in [-0.39, 0.29) is 11.3 Å². The number of nitro groups is 1. The Labute approximate surface area is 119 Å². The van der Waals surface area contributed by atoms with Crippen molar-refractivity contribution < 1.29 is 4.92 Å². The van der Waals surface area contributed by atoms with Crippen LogP contribution in [0.4, 0.5) is 11.4 Å². The van der Waals surface area contributed by atoms with Crippen LogP contribution in [-0.4, -0.2) is 34.0 Å². The first-order valence-electron chi connectivity index (χ1n) is 5.82. The Morgan fingerprint density at radius 2 is 2.37 bits per heavy atom. The molecule has 0 aromatic heterocycles. The maximum Gasteiger partial charge on any atom is 0.287 e. The SMILES string of the molecule is N#Cc1cc(NCC2CSCCS2)ccc1[N+](=O)[O-]. The Morgan fingerprint density at radius 3 is 3.00 bits per heavy atom. The largest absolute Gasteiger partial charge is 0.384 e. The predicted octanol–water partition coefficient (Wildman–Crippen LogP) is 2.73. The Balaban J connectivity index is 2.01. The zero-order valence-corrected chi connectivity index (χ0v) is 11.8. The van der Waals surface area contributed by atoms with Crippen molar-refractivity contribution in [3.8, 4) is 6.07 Å². The number of hydrogen-bond donors (Lipinski definition) is 1. The van der Waals surface area contributed by atoms with E-state index in [9.17, 15) is 10.1 Å². The highest BCUT2D eigenvalue weighted by Crippen LogP contribution is 2.25. The minimum Gasteiger partial charge on any atom is -0.384 e. The van der Waals surface area contributed by atoms with E-state index in [2.05, 4.69) is 5.32 Å². The average Bonchev–Trinajstić information content (AvgIpc) is 2.45. The van der Waals surface area contributed by atoms with Crippen molar-refractivity contribution in [2.24, 2.45) is 0 Å². The third-order valence-electron chi connectivity index (χ3n) is 2.73. The van der Waals surface area contributed by atoms with Crippen molar-refractivity contribution in [3.63, 3.8) is 0 Å². The monoisotopic (exact) mass is 295 g/mol. The van der Waals surface area contributed by atoms with Gasteiger partial charge in [0, 0.05) is 40.8 Å². The summed E-state index contributed by atoms with van der Waals surface area (Å²) in [6.07, 6.45) is 0. The molecule has 0 amide bonds. The second-order valence-electron chi connectivity index (χ2n) is 4.05. The van der Waals surface area contributed by atoms with Crippen LogP contribution < -0.4 is 5.32 Å². The molecular formula is C12H13N3O2S2. The Hall–Kier alpha value is -1.39. The number of nitrogens with one attached hydrogen (secondary N) is 1. The van der Waals surface area contributed by atoms with Gasteiger partial charge in [-0.15, -0.1) is 0 Å². The van der Waals surface area contributed by atoms with Crippen LogP contribution in [0.25, 0.3) is 0 Å². The highest BCUT2D eigenvalue weighted by molar-refractivity contribution is 8.06. The third-order valence-corrected chi connectivity index (χ3v) is 5.58. The topological polar surface area (TPSA) is 79.0 Å². The van der Waals surface area contributed by atoms with Crippen LogP contribution >= 0.6 is 23.5 Å². The van der Waals surface area contributed by atoms with E-state index < -0.39 is 4.92 Å². The van der Waals surface area contributed by atoms with Crippen molar-refractivity contribution in [1.29, 1.82) is 5.26 Å². The molecule has 100 valence electrons. The van der Waals surface area contributed by atoms with E-state index in [1.165, 1.54) is 17.6 Å². The lowest BCUT2D eigenvalue weighted by molar-refractivity contribution is -0.385. The van der Waals surface area contributed by atoms with Gasteiger partial charge in [0.05, 0.1) is 4.92 Å². The fourth-order valence-electron chi connectivity index (χ4n) is 1.78. The summed E-state index contributed by atoms with van der Waals surface area (Å²) < 4.78 is 0. The van der Waals surface area contributed by atoms with E-state index in [4.69, 9.17) is 5.26 Å². The summed E-state index contributed by atoms with van der Waals surface area (Å²) >= 11 is 3.89. The van der Waals surface area contributed by atoms with Gasteiger partial charge in [-0.25, -0.2) is 0 Å². The summed E-state index contributed by atoms with van der Waals surface area (Å²) in [5.74, 6) is 3.49. The molecule has 0 aliphatic carbocycles. The summed E-state index contributed by atoms with van der Waals surface area (Å²) in [5.41, 5.74) is 0.717. The molecule has 0 saturated carbocycles. The summed E-state index contributed by atoms with van der Waals surface area (Å²) in [6.45, 7) is 0.820. The van der Waals surface area contributed by atoms with Gasteiger partial charge in [-0.1, -0.05) is 0 Å². The normalized spacial score (nSPS) is 18.6. The Bertz CT molecular complexity index is 510. The fourth-order valence-corrected chi connectivity index (χ4v) is 4.39. The van der Waals surface area contributed by atoms with Gasteiger partial charge in [0.1, 0.15) is 11.6 Å². The molecule has 5 nitrogen and oxygen atoms in total. The Morgan fingerprint density at radius 1 is 1.53 bits per heavy atom. The van der Waals surface area contributed by atoms with Crippen molar-refractivity contribution in [2.45, 2.75) is 5.25 Å². The first-order valence-corrected chi connectivity index (χ1v) is 8.03. The smallest absolute Gasteiger partial charge is 0.287 e.